The summed E-state index contributed by atoms with van der Waals surface area (Å²) in [4.78, 5) is 2.71. The molecule has 2 saturated heterocycles. The molecule has 2 aliphatic heterocycles. The van der Waals surface area contributed by atoms with Crippen LogP contribution in [0.1, 0.15) is 51.1 Å². The van der Waals surface area contributed by atoms with Gasteiger partial charge in [-0.2, -0.15) is 0 Å². The van der Waals surface area contributed by atoms with Crippen molar-refractivity contribution < 1.29 is 4.74 Å². The smallest absolute Gasteiger partial charge is 0.119 e. The minimum Gasteiger partial charge on any atom is -0.494 e. The fourth-order valence-corrected chi connectivity index (χ4v) is 4.07. The summed E-state index contributed by atoms with van der Waals surface area (Å²) >= 11 is 0. The fraction of sp³-hybridized carbons (Fsp3) is 0.647. The first kappa shape index (κ1) is 13.9. The van der Waals surface area contributed by atoms with Gasteiger partial charge in [-0.3, -0.25) is 4.90 Å². The molecule has 0 aromatic heterocycles. The molecule has 110 valence electrons. The van der Waals surface area contributed by atoms with Gasteiger partial charge in [0, 0.05) is 24.2 Å². The van der Waals surface area contributed by atoms with Gasteiger partial charge < -0.3 is 10.5 Å². The molecule has 0 radical (unpaired) electrons. The van der Waals surface area contributed by atoms with Crippen molar-refractivity contribution in [3.05, 3.63) is 29.8 Å². The van der Waals surface area contributed by atoms with Crippen LogP contribution in [-0.4, -0.2) is 29.6 Å². The van der Waals surface area contributed by atoms with E-state index < -0.39 is 0 Å². The molecule has 2 heterocycles. The van der Waals surface area contributed by atoms with Gasteiger partial charge in [0.15, 0.2) is 0 Å². The lowest BCUT2D eigenvalue weighted by Crippen LogP contribution is -2.48. The number of benzene rings is 1. The molecular weight excluding hydrogens is 248 g/mol. The number of nitrogens with two attached hydrogens (primary N) is 1. The molecule has 2 bridgehead atoms. The summed E-state index contributed by atoms with van der Waals surface area (Å²) in [5.74, 6) is 0.965. The lowest BCUT2D eigenvalue weighted by molar-refractivity contribution is 0.0854. The third-order valence-corrected chi connectivity index (χ3v) is 4.95. The van der Waals surface area contributed by atoms with E-state index in [-0.39, 0.29) is 0 Å². The van der Waals surface area contributed by atoms with Gasteiger partial charge in [-0.25, -0.2) is 0 Å². The van der Waals surface area contributed by atoms with E-state index in [2.05, 4.69) is 36.1 Å². The van der Waals surface area contributed by atoms with E-state index in [0.29, 0.717) is 24.2 Å². The Morgan fingerprint density at radius 1 is 1.20 bits per heavy atom. The molecule has 3 atom stereocenters. The maximum Gasteiger partial charge on any atom is 0.119 e. The number of ether oxygens (including phenoxy) is 1. The molecule has 2 fully saturated rings. The van der Waals surface area contributed by atoms with Crippen molar-refractivity contribution in [3.63, 3.8) is 0 Å². The molecule has 3 nitrogen and oxygen atoms in total. The second-order valence-electron chi connectivity index (χ2n) is 6.24. The van der Waals surface area contributed by atoms with Gasteiger partial charge >= 0.3 is 0 Å². The van der Waals surface area contributed by atoms with Crippen LogP contribution in [0.3, 0.4) is 0 Å². The van der Waals surface area contributed by atoms with E-state index in [9.17, 15) is 0 Å². The maximum absolute atomic E-state index is 6.17. The lowest BCUT2D eigenvalue weighted by atomic mass is 9.94. The van der Waals surface area contributed by atoms with Crippen molar-refractivity contribution in [2.75, 3.05) is 6.61 Å². The molecule has 3 heteroatoms. The van der Waals surface area contributed by atoms with Crippen LogP contribution in [-0.2, 0) is 0 Å². The van der Waals surface area contributed by atoms with Crippen LogP contribution in [0.15, 0.2) is 24.3 Å². The standard InChI is InChI=1S/C17H26N2O/c1-3-20-17-8-4-13(5-9-17)12(2)19-15-6-7-16(19)11-14(18)10-15/h4-5,8-9,12,14-16H,3,6-7,10-11,18H2,1-2H3. The number of rotatable bonds is 4. The normalized spacial score (nSPS) is 31.2. The zero-order valence-corrected chi connectivity index (χ0v) is 12.6. The van der Waals surface area contributed by atoms with Gasteiger partial charge in [-0.05, 0) is 57.2 Å². The highest BCUT2D eigenvalue weighted by atomic mass is 16.5. The van der Waals surface area contributed by atoms with Crippen LogP contribution < -0.4 is 10.5 Å². The Bertz CT molecular complexity index is 431. The molecule has 3 unspecified atom stereocenters. The quantitative estimate of drug-likeness (QED) is 0.917. The topological polar surface area (TPSA) is 38.5 Å². The molecule has 20 heavy (non-hydrogen) atoms. The van der Waals surface area contributed by atoms with Crippen LogP contribution >= 0.6 is 0 Å². The molecular formula is C17H26N2O. The zero-order chi connectivity index (χ0) is 14.1. The van der Waals surface area contributed by atoms with Gasteiger partial charge in [0.2, 0.25) is 0 Å². The zero-order valence-electron chi connectivity index (χ0n) is 12.6. The highest BCUT2D eigenvalue weighted by Crippen LogP contribution is 2.41. The Labute approximate surface area is 122 Å². The maximum atomic E-state index is 6.17. The SMILES string of the molecule is CCOc1ccc(C(C)N2C3CCC2CC(N)C3)cc1. The number of hydrogen-bond donors (Lipinski definition) is 1. The monoisotopic (exact) mass is 274 g/mol. The van der Waals surface area contributed by atoms with E-state index in [1.54, 1.807) is 0 Å². The summed E-state index contributed by atoms with van der Waals surface area (Å²) in [6.07, 6.45) is 4.97. The lowest BCUT2D eigenvalue weighted by Gasteiger charge is -2.41. The highest BCUT2D eigenvalue weighted by molar-refractivity contribution is 5.29. The summed E-state index contributed by atoms with van der Waals surface area (Å²) in [6, 6.07) is 10.9. The predicted molar refractivity (Wildman–Crippen MR) is 81.9 cm³/mol. The van der Waals surface area contributed by atoms with Gasteiger partial charge in [0.05, 0.1) is 6.61 Å². The van der Waals surface area contributed by atoms with Gasteiger partial charge in [-0.15, -0.1) is 0 Å². The number of nitrogens with zero attached hydrogens (tertiary/aromatic N) is 1. The molecule has 0 saturated carbocycles. The van der Waals surface area contributed by atoms with E-state index in [4.69, 9.17) is 10.5 Å². The average Bonchev–Trinajstić information content (AvgIpc) is 2.71. The Morgan fingerprint density at radius 3 is 2.35 bits per heavy atom. The minimum atomic E-state index is 0.413. The first-order valence-electron chi connectivity index (χ1n) is 7.94. The van der Waals surface area contributed by atoms with E-state index in [0.717, 1.165) is 25.2 Å². The average molecular weight is 274 g/mol. The largest absolute Gasteiger partial charge is 0.494 e. The van der Waals surface area contributed by atoms with Crippen molar-refractivity contribution in [1.82, 2.24) is 4.90 Å². The first-order chi connectivity index (χ1) is 9.69. The Morgan fingerprint density at radius 2 is 1.80 bits per heavy atom. The first-order valence-corrected chi connectivity index (χ1v) is 7.94. The molecule has 0 amide bonds. The van der Waals surface area contributed by atoms with Crippen molar-refractivity contribution in [2.45, 2.75) is 63.7 Å². The summed E-state index contributed by atoms with van der Waals surface area (Å²) in [5.41, 5.74) is 7.56. The van der Waals surface area contributed by atoms with Gasteiger partial charge in [0.25, 0.3) is 0 Å². The van der Waals surface area contributed by atoms with Crippen LogP contribution in [0.4, 0.5) is 0 Å². The molecule has 1 aromatic carbocycles. The summed E-state index contributed by atoms with van der Waals surface area (Å²) in [6.45, 7) is 5.08. The fourth-order valence-electron chi connectivity index (χ4n) is 4.07. The Hall–Kier alpha value is -1.06. The van der Waals surface area contributed by atoms with Crippen LogP contribution in [0.25, 0.3) is 0 Å². The molecule has 0 aliphatic carbocycles. The van der Waals surface area contributed by atoms with Crippen molar-refractivity contribution >= 4 is 0 Å². The summed E-state index contributed by atoms with van der Waals surface area (Å²) in [5, 5.41) is 0. The van der Waals surface area contributed by atoms with Gasteiger partial charge in [-0.1, -0.05) is 12.1 Å². The molecule has 2 aliphatic rings. The van der Waals surface area contributed by atoms with Crippen molar-refractivity contribution in [2.24, 2.45) is 5.73 Å². The number of hydrogen-bond acceptors (Lipinski definition) is 3. The predicted octanol–water partition coefficient (Wildman–Crippen LogP) is 3.10. The van der Waals surface area contributed by atoms with E-state index in [1.165, 1.54) is 18.4 Å². The van der Waals surface area contributed by atoms with Crippen molar-refractivity contribution in [3.8, 4) is 5.75 Å². The molecule has 2 N–H and O–H groups in total. The Balaban J connectivity index is 1.74. The second-order valence-corrected chi connectivity index (χ2v) is 6.24. The number of fused-ring (bicyclic) bond motifs is 2. The third kappa shape index (κ3) is 2.57. The molecule has 3 rings (SSSR count). The summed E-state index contributed by atoms with van der Waals surface area (Å²) < 4.78 is 5.52. The minimum absolute atomic E-state index is 0.413. The van der Waals surface area contributed by atoms with Crippen LogP contribution in [0, 0.1) is 0 Å². The molecule has 1 aromatic rings. The Kier molecular flexibility index (Phi) is 3.99. The van der Waals surface area contributed by atoms with E-state index >= 15 is 0 Å². The molecule has 0 spiro atoms. The number of piperidine rings is 1. The van der Waals surface area contributed by atoms with Crippen molar-refractivity contribution in [1.29, 1.82) is 0 Å². The van der Waals surface area contributed by atoms with Gasteiger partial charge in [0.1, 0.15) is 5.75 Å². The summed E-state index contributed by atoms with van der Waals surface area (Å²) in [7, 11) is 0. The third-order valence-electron chi connectivity index (χ3n) is 4.95. The second kappa shape index (κ2) is 5.74. The highest BCUT2D eigenvalue weighted by Gasteiger charge is 2.41. The van der Waals surface area contributed by atoms with E-state index in [1.807, 2.05) is 6.92 Å². The van der Waals surface area contributed by atoms with Crippen LogP contribution in [0.5, 0.6) is 5.75 Å². The van der Waals surface area contributed by atoms with Crippen LogP contribution in [0.2, 0.25) is 0 Å².